The molecular weight excluding hydrogens is 304 g/mol. The van der Waals surface area contributed by atoms with E-state index in [9.17, 15) is 8.42 Å². The van der Waals surface area contributed by atoms with Gasteiger partial charge in [-0.25, -0.2) is 8.42 Å². The van der Waals surface area contributed by atoms with Crippen molar-refractivity contribution in [2.24, 2.45) is 0 Å². The quantitative estimate of drug-likeness (QED) is 0.738. The highest BCUT2D eigenvalue weighted by Crippen LogP contribution is 2.26. The second kappa shape index (κ2) is 5.10. The van der Waals surface area contributed by atoms with Crippen LogP contribution >= 0.6 is 0 Å². The van der Waals surface area contributed by atoms with Crippen molar-refractivity contribution in [3.8, 4) is 23.0 Å². The van der Waals surface area contributed by atoms with Gasteiger partial charge in [0.2, 0.25) is 5.82 Å². The molecule has 0 aliphatic heterocycles. The topological polar surface area (TPSA) is 86.2 Å². The molecular formula is C15H14N2O4S. The van der Waals surface area contributed by atoms with Gasteiger partial charge in [0.25, 0.3) is 5.89 Å². The average Bonchev–Trinajstić information content (AvgIpc) is 3.06. The molecule has 0 radical (unpaired) electrons. The van der Waals surface area contributed by atoms with Crippen molar-refractivity contribution in [3.05, 3.63) is 41.7 Å². The Hall–Kier alpha value is -2.41. The largest absolute Gasteiger partial charge is 0.456 e. The summed E-state index contributed by atoms with van der Waals surface area (Å²) in [6, 6.07) is 8.15. The van der Waals surface area contributed by atoms with Crippen LogP contribution in [0.1, 0.15) is 11.3 Å². The highest BCUT2D eigenvalue weighted by atomic mass is 32.2. The van der Waals surface area contributed by atoms with Crippen LogP contribution in [0.25, 0.3) is 23.0 Å². The van der Waals surface area contributed by atoms with Gasteiger partial charge < -0.3 is 8.94 Å². The SMILES string of the molecule is Cc1cc(-c2nc(-c3ccc(S(C)(=O)=O)cc3)no2)oc1C. The zero-order valence-corrected chi connectivity index (χ0v) is 13.1. The third-order valence-corrected chi connectivity index (χ3v) is 4.47. The molecule has 0 saturated heterocycles. The molecule has 7 heteroatoms. The van der Waals surface area contributed by atoms with E-state index < -0.39 is 9.84 Å². The molecule has 0 unspecified atom stereocenters. The molecule has 3 aromatic rings. The van der Waals surface area contributed by atoms with Gasteiger partial charge in [-0.1, -0.05) is 5.16 Å². The summed E-state index contributed by atoms with van der Waals surface area (Å²) in [4.78, 5) is 4.52. The van der Waals surface area contributed by atoms with E-state index in [1.165, 1.54) is 12.1 Å². The Labute approximate surface area is 127 Å². The normalized spacial score (nSPS) is 11.8. The Balaban J connectivity index is 1.94. The van der Waals surface area contributed by atoms with Crippen molar-refractivity contribution < 1.29 is 17.4 Å². The first kappa shape index (κ1) is 14.5. The minimum absolute atomic E-state index is 0.247. The molecule has 0 atom stereocenters. The van der Waals surface area contributed by atoms with E-state index in [1.54, 1.807) is 12.1 Å². The monoisotopic (exact) mass is 318 g/mol. The summed E-state index contributed by atoms with van der Waals surface area (Å²) < 4.78 is 33.6. The van der Waals surface area contributed by atoms with Crippen LogP contribution in [-0.2, 0) is 9.84 Å². The predicted octanol–water partition coefficient (Wildman–Crippen LogP) is 3.02. The van der Waals surface area contributed by atoms with Crippen LogP contribution in [-0.4, -0.2) is 24.8 Å². The number of sulfone groups is 1. The Morgan fingerprint density at radius 1 is 1.09 bits per heavy atom. The molecule has 0 bridgehead atoms. The fourth-order valence-electron chi connectivity index (χ4n) is 1.97. The average molecular weight is 318 g/mol. The van der Waals surface area contributed by atoms with Crippen molar-refractivity contribution in [2.75, 3.05) is 6.26 Å². The van der Waals surface area contributed by atoms with E-state index in [2.05, 4.69) is 10.1 Å². The Morgan fingerprint density at radius 3 is 2.32 bits per heavy atom. The van der Waals surface area contributed by atoms with Gasteiger partial charge in [0.15, 0.2) is 15.6 Å². The zero-order valence-electron chi connectivity index (χ0n) is 12.3. The van der Waals surface area contributed by atoms with Crippen molar-refractivity contribution in [1.82, 2.24) is 10.1 Å². The van der Waals surface area contributed by atoms with Gasteiger partial charge in [-0.15, -0.1) is 0 Å². The molecule has 22 heavy (non-hydrogen) atoms. The second-order valence-corrected chi connectivity index (χ2v) is 7.09. The third-order valence-electron chi connectivity index (χ3n) is 3.34. The van der Waals surface area contributed by atoms with Gasteiger partial charge in [0, 0.05) is 11.8 Å². The third kappa shape index (κ3) is 2.67. The fraction of sp³-hybridized carbons (Fsp3) is 0.200. The van der Waals surface area contributed by atoms with Crippen molar-refractivity contribution in [3.63, 3.8) is 0 Å². The Morgan fingerprint density at radius 2 is 1.77 bits per heavy atom. The van der Waals surface area contributed by atoms with Crippen LogP contribution in [0.5, 0.6) is 0 Å². The molecule has 6 nitrogen and oxygen atoms in total. The van der Waals surface area contributed by atoms with Crippen LogP contribution in [0.2, 0.25) is 0 Å². The van der Waals surface area contributed by atoms with Crippen LogP contribution < -0.4 is 0 Å². The number of furan rings is 1. The summed E-state index contributed by atoms with van der Waals surface area (Å²) in [5, 5.41) is 3.90. The number of hydrogen-bond donors (Lipinski definition) is 0. The molecule has 1 aromatic carbocycles. The molecule has 0 N–H and O–H groups in total. The molecule has 0 fully saturated rings. The first-order chi connectivity index (χ1) is 10.3. The molecule has 2 heterocycles. The van der Waals surface area contributed by atoms with Crippen LogP contribution in [0, 0.1) is 13.8 Å². The van der Waals surface area contributed by atoms with E-state index in [-0.39, 0.29) is 4.90 Å². The molecule has 0 saturated carbocycles. The Kier molecular flexibility index (Phi) is 3.37. The standard InChI is InChI=1S/C15H14N2O4S/c1-9-8-13(20-10(9)2)15-16-14(17-21-15)11-4-6-12(7-5-11)22(3,18)19/h4-8H,1-3H3. The zero-order chi connectivity index (χ0) is 15.9. The van der Waals surface area contributed by atoms with Crippen LogP contribution in [0.4, 0.5) is 0 Å². The first-order valence-electron chi connectivity index (χ1n) is 6.56. The van der Waals surface area contributed by atoms with Crippen LogP contribution in [0.15, 0.2) is 44.2 Å². The summed E-state index contributed by atoms with van der Waals surface area (Å²) in [6.07, 6.45) is 1.16. The van der Waals surface area contributed by atoms with E-state index in [0.29, 0.717) is 23.0 Å². The summed E-state index contributed by atoms with van der Waals surface area (Å²) >= 11 is 0. The number of rotatable bonds is 3. The smallest absolute Gasteiger partial charge is 0.293 e. The van der Waals surface area contributed by atoms with Gasteiger partial charge in [-0.3, -0.25) is 0 Å². The number of nitrogens with zero attached hydrogens (tertiary/aromatic N) is 2. The minimum Gasteiger partial charge on any atom is -0.456 e. The van der Waals surface area contributed by atoms with Crippen LogP contribution in [0.3, 0.4) is 0 Å². The maximum Gasteiger partial charge on any atom is 0.293 e. The second-order valence-electron chi connectivity index (χ2n) is 5.07. The number of aromatic nitrogens is 2. The van der Waals surface area contributed by atoms with E-state index in [0.717, 1.165) is 17.6 Å². The maximum atomic E-state index is 11.4. The lowest BCUT2D eigenvalue weighted by molar-refractivity contribution is 0.414. The first-order valence-corrected chi connectivity index (χ1v) is 8.45. The van der Waals surface area contributed by atoms with Crippen molar-refractivity contribution >= 4 is 9.84 Å². The van der Waals surface area contributed by atoms with Gasteiger partial charge in [-0.05, 0) is 49.7 Å². The van der Waals surface area contributed by atoms with Crippen molar-refractivity contribution in [1.29, 1.82) is 0 Å². The summed E-state index contributed by atoms with van der Waals surface area (Å²) in [5.74, 6) is 1.98. The summed E-state index contributed by atoms with van der Waals surface area (Å²) in [6.45, 7) is 3.80. The lowest BCUT2D eigenvalue weighted by Crippen LogP contribution is -1.96. The highest BCUT2D eigenvalue weighted by molar-refractivity contribution is 7.90. The molecule has 3 rings (SSSR count). The maximum absolute atomic E-state index is 11.4. The molecule has 2 aromatic heterocycles. The molecule has 0 aliphatic carbocycles. The molecule has 0 amide bonds. The minimum atomic E-state index is -3.22. The highest BCUT2D eigenvalue weighted by Gasteiger charge is 2.15. The summed E-state index contributed by atoms with van der Waals surface area (Å²) in [7, 11) is -3.22. The van der Waals surface area contributed by atoms with Gasteiger partial charge in [0.1, 0.15) is 5.76 Å². The van der Waals surface area contributed by atoms with E-state index in [1.807, 2.05) is 19.9 Å². The lowest BCUT2D eigenvalue weighted by atomic mass is 10.2. The lowest BCUT2D eigenvalue weighted by Gasteiger charge is -1.98. The molecule has 0 spiro atoms. The van der Waals surface area contributed by atoms with Gasteiger partial charge in [-0.2, -0.15) is 4.98 Å². The van der Waals surface area contributed by atoms with E-state index in [4.69, 9.17) is 8.94 Å². The molecule has 114 valence electrons. The molecule has 0 aliphatic rings. The fourth-order valence-corrected chi connectivity index (χ4v) is 2.60. The number of hydrogen-bond acceptors (Lipinski definition) is 6. The summed E-state index contributed by atoms with van der Waals surface area (Å²) in [5.41, 5.74) is 1.68. The Bertz CT molecular complexity index is 901. The number of aryl methyl sites for hydroxylation is 2. The van der Waals surface area contributed by atoms with E-state index >= 15 is 0 Å². The van der Waals surface area contributed by atoms with Gasteiger partial charge >= 0.3 is 0 Å². The predicted molar refractivity (Wildman–Crippen MR) is 80.0 cm³/mol. The van der Waals surface area contributed by atoms with Gasteiger partial charge in [0.05, 0.1) is 4.90 Å². The van der Waals surface area contributed by atoms with Crippen molar-refractivity contribution in [2.45, 2.75) is 18.7 Å². The number of benzene rings is 1.